The molecule has 1 N–H and O–H groups in total. The zero-order valence-corrected chi connectivity index (χ0v) is 11.4. The van der Waals surface area contributed by atoms with E-state index in [1.54, 1.807) is 17.3 Å². The van der Waals surface area contributed by atoms with Crippen molar-refractivity contribution in [3.63, 3.8) is 0 Å². The van der Waals surface area contributed by atoms with Crippen LogP contribution in [0, 0.1) is 11.3 Å². The highest BCUT2D eigenvalue weighted by Gasteiger charge is 2.23. The van der Waals surface area contributed by atoms with E-state index in [9.17, 15) is 0 Å². The molecule has 0 spiro atoms. The molecule has 0 amide bonds. The molecule has 0 saturated heterocycles. The van der Waals surface area contributed by atoms with Crippen LogP contribution in [0.3, 0.4) is 0 Å². The fourth-order valence-corrected chi connectivity index (χ4v) is 3.09. The van der Waals surface area contributed by atoms with E-state index in [4.69, 9.17) is 5.26 Å². The number of aromatic nitrogens is 2. The minimum atomic E-state index is -0.453. The summed E-state index contributed by atoms with van der Waals surface area (Å²) < 4.78 is 0.963. The minimum absolute atomic E-state index is 0.316. The van der Waals surface area contributed by atoms with Gasteiger partial charge in [0.2, 0.25) is 0 Å². The van der Waals surface area contributed by atoms with E-state index in [-0.39, 0.29) is 0 Å². The molecule has 1 aromatic rings. The number of hydrogen-bond acceptors (Lipinski definition) is 6. The maximum Gasteiger partial charge on any atom is 0.174 e. The largest absolute Gasteiger partial charge is 0.297 e. The summed E-state index contributed by atoms with van der Waals surface area (Å²) in [6.07, 6.45) is 0.798. The van der Waals surface area contributed by atoms with E-state index in [1.807, 2.05) is 20.8 Å². The molecule has 16 heavy (non-hydrogen) atoms. The van der Waals surface area contributed by atoms with Crippen molar-refractivity contribution in [1.82, 2.24) is 15.5 Å². The van der Waals surface area contributed by atoms with Gasteiger partial charge in [-0.25, -0.2) is 0 Å². The summed E-state index contributed by atoms with van der Waals surface area (Å²) in [5.41, 5.74) is 1.27. The maximum atomic E-state index is 9.14. The summed E-state index contributed by atoms with van der Waals surface area (Å²) in [6.45, 7) is 6.04. The second-order valence-corrected chi connectivity index (χ2v) is 6.22. The number of hydrogen-bond donors (Lipinski definition) is 1. The van der Waals surface area contributed by atoms with Crippen molar-refractivity contribution >= 4 is 23.1 Å². The van der Waals surface area contributed by atoms with Gasteiger partial charge in [-0.2, -0.15) is 5.26 Å². The van der Waals surface area contributed by atoms with Crippen LogP contribution in [0.2, 0.25) is 0 Å². The molecule has 0 saturated carbocycles. The molecule has 0 fully saturated rings. The van der Waals surface area contributed by atoms with Crippen molar-refractivity contribution < 1.29 is 0 Å². The predicted octanol–water partition coefficient (Wildman–Crippen LogP) is 2.30. The summed E-state index contributed by atoms with van der Waals surface area (Å²) in [6, 6.07) is 2.65. The molecule has 0 aliphatic rings. The summed E-state index contributed by atoms with van der Waals surface area (Å²) in [7, 11) is 0. The van der Waals surface area contributed by atoms with Crippen LogP contribution in [0.15, 0.2) is 9.85 Å². The van der Waals surface area contributed by atoms with Crippen LogP contribution in [-0.4, -0.2) is 27.5 Å². The Morgan fingerprint density at radius 2 is 2.44 bits per heavy atom. The highest BCUT2D eigenvalue weighted by molar-refractivity contribution is 8.00. The number of nitrogens with zero attached hydrogens (tertiary/aromatic N) is 3. The molecule has 0 aromatic carbocycles. The third-order valence-electron chi connectivity index (χ3n) is 2.02. The van der Waals surface area contributed by atoms with Gasteiger partial charge in [-0.15, -0.1) is 10.2 Å². The van der Waals surface area contributed by atoms with Gasteiger partial charge >= 0.3 is 0 Å². The first kappa shape index (κ1) is 13.4. The third kappa shape index (κ3) is 4.47. The van der Waals surface area contributed by atoms with Gasteiger partial charge < -0.3 is 0 Å². The Kier molecular flexibility index (Phi) is 5.19. The SMILES string of the molecule is CC(C)NC(C)(C#N)CCSc1nncs1. The molecule has 0 aliphatic heterocycles. The molecule has 4 nitrogen and oxygen atoms in total. The van der Waals surface area contributed by atoms with Gasteiger partial charge in [-0.05, 0) is 27.2 Å². The van der Waals surface area contributed by atoms with E-state index < -0.39 is 5.54 Å². The average Bonchev–Trinajstić information content (AvgIpc) is 2.69. The second-order valence-electron chi connectivity index (χ2n) is 4.05. The van der Waals surface area contributed by atoms with Crippen molar-refractivity contribution in [2.75, 3.05) is 5.75 Å². The summed E-state index contributed by atoms with van der Waals surface area (Å²) >= 11 is 3.18. The van der Waals surface area contributed by atoms with Gasteiger partial charge in [0.15, 0.2) is 4.34 Å². The minimum Gasteiger partial charge on any atom is -0.297 e. The Labute approximate surface area is 104 Å². The third-order valence-corrected chi connectivity index (χ3v) is 3.88. The molecule has 1 heterocycles. The van der Waals surface area contributed by atoms with Crippen LogP contribution in [-0.2, 0) is 0 Å². The van der Waals surface area contributed by atoms with Gasteiger partial charge in [0.25, 0.3) is 0 Å². The number of nitriles is 1. The lowest BCUT2D eigenvalue weighted by atomic mass is 10.0. The molecule has 1 aromatic heterocycles. The molecule has 0 bridgehead atoms. The first-order chi connectivity index (χ1) is 7.56. The Bertz CT molecular complexity index is 344. The van der Waals surface area contributed by atoms with Crippen LogP contribution in [0.4, 0.5) is 0 Å². The number of nitrogens with one attached hydrogen (secondary N) is 1. The van der Waals surface area contributed by atoms with Crippen molar-refractivity contribution in [2.24, 2.45) is 0 Å². The predicted molar refractivity (Wildman–Crippen MR) is 67.5 cm³/mol. The molecule has 0 radical (unpaired) electrons. The van der Waals surface area contributed by atoms with E-state index in [2.05, 4.69) is 21.6 Å². The second kappa shape index (κ2) is 6.18. The van der Waals surface area contributed by atoms with E-state index in [0.29, 0.717) is 6.04 Å². The van der Waals surface area contributed by atoms with E-state index in [1.165, 1.54) is 11.3 Å². The van der Waals surface area contributed by atoms with Crippen molar-refractivity contribution in [3.05, 3.63) is 5.51 Å². The van der Waals surface area contributed by atoms with E-state index >= 15 is 0 Å². The highest BCUT2D eigenvalue weighted by Crippen LogP contribution is 2.22. The lowest BCUT2D eigenvalue weighted by Gasteiger charge is -2.25. The average molecular weight is 256 g/mol. The molecule has 0 aliphatic carbocycles. The molecule has 6 heteroatoms. The van der Waals surface area contributed by atoms with E-state index in [0.717, 1.165) is 16.5 Å². The number of rotatable bonds is 6. The summed E-state index contributed by atoms with van der Waals surface area (Å²) in [5, 5.41) is 20.1. The Morgan fingerprint density at radius 1 is 1.69 bits per heavy atom. The highest BCUT2D eigenvalue weighted by atomic mass is 32.2. The Balaban J connectivity index is 2.37. The smallest absolute Gasteiger partial charge is 0.174 e. The lowest BCUT2D eigenvalue weighted by Crippen LogP contribution is -2.45. The Morgan fingerprint density at radius 3 is 2.94 bits per heavy atom. The molecule has 1 unspecified atom stereocenters. The van der Waals surface area contributed by atoms with Crippen LogP contribution in [0.1, 0.15) is 27.2 Å². The Hall–Kier alpha value is -0.640. The topological polar surface area (TPSA) is 61.6 Å². The van der Waals surface area contributed by atoms with Crippen LogP contribution >= 0.6 is 23.1 Å². The van der Waals surface area contributed by atoms with Gasteiger partial charge in [-0.1, -0.05) is 23.1 Å². The first-order valence-electron chi connectivity index (χ1n) is 5.13. The van der Waals surface area contributed by atoms with Gasteiger partial charge in [0.05, 0.1) is 6.07 Å². The lowest BCUT2D eigenvalue weighted by molar-refractivity contribution is 0.397. The zero-order valence-electron chi connectivity index (χ0n) is 9.73. The van der Waals surface area contributed by atoms with Crippen LogP contribution in [0.5, 0.6) is 0 Å². The van der Waals surface area contributed by atoms with Crippen molar-refractivity contribution in [2.45, 2.75) is 43.1 Å². The summed E-state index contributed by atoms with van der Waals surface area (Å²) in [4.78, 5) is 0. The zero-order chi connectivity index (χ0) is 12.0. The fraction of sp³-hybridized carbons (Fsp3) is 0.700. The van der Waals surface area contributed by atoms with Crippen LogP contribution < -0.4 is 5.32 Å². The van der Waals surface area contributed by atoms with Crippen molar-refractivity contribution in [1.29, 1.82) is 5.26 Å². The normalized spacial score (nSPS) is 14.7. The van der Waals surface area contributed by atoms with Gasteiger partial charge in [-0.3, -0.25) is 5.32 Å². The van der Waals surface area contributed by atoms with Crippen LogP contribution in [0.25, 0.3) is 0 Å². The fourth-order valence-electron chi connectivity index (χ4n) is 1.37. The molecular formula is C10H16N4S2. The molecular weight excluding hydrogens is 240 g/mol. The van der Waals surface area contributed by atoms with Gasteiger partial charge in [0.1, 0.15) is 11.0 Å². The number of thioether (sulfide) groups is 1. The standard InChI is InChI=1S/C10H16N4S2/c1-8(2)13-10(3,6-11)4-5-15-9-14-12-7-16-9/h7-8,13H,4-5H2,1-3H3. The quantitative estimate of drug-likeness (QED) is 0.791. The van der Waals surface area contributed by atoms with Gasteiger partial charge in [0, 0.05) is 11.8 Å². The maximum absolute atomic E-state index is 9.14. The molecule has 1 rings (SSSR count). The van der Waals surface area contributed by atoms with Crippen molar-refractivity contribution in [3.8, 4) is 6.07 Å². The molecule has 1 atom stereocenters. The summed E-state index contributed by atoms with van der Waals surface area (Å²) in [5.74, 6) is 0.874. The monoisotopic (exact) mass is 256 g/mol. The molecule has 88 valence electrons. The first-order valence-corrected chi connectivity index (χ1v) is 7.00.